The molecule has 0 aliphatic carbocycles. The van der Waals surface area contributed by atoms with Crippen molar-refractivity contribution in [2.24, 2.45) is 0 Å². The van der Waals surface area contributed by atoms with E-state index in [1.165, 1.54) is 4.90 Å². The predicted molar refractivity (Wildman–Crippen MR) is 82.7 cm³/mol. The number of benzene rings is 2. The molecule has 2 aromatic carbocycles. The Balaban J connectivity index is 1.67. The summed E-state index contributed by atoms with van der Waals surface area (Å²) in [5.41, 5.74) is 0.847. The SMILES string of the molecule is Fc1ccccc1C1(CCSc2ccccc2)CNC1. The molecule has 1 N–H and O–H groups in total. The highest BCUT2D eigenvalue weighted by Crippen LogP contribution is 2.35. The maximum Gasteiger partial charge on any atom is 0.127 e. The molecule has 1 heterocycles. The van der Waals surface area contributed by atoms with Crippen molar-refractivity contribution in [2.45, 2.75) is 16.7 Å². The molecule has 0 saturated carbocycles. The zero-order valence-electron chi connectivity index (χ0n) is 11.3. The first-order chi connectivity index (χ1) is 9.80. The van der Waals surface area contributed by atoms with E-state index in [4.69, 9.17) is 0 Å². The van der Waals surface area contributed by atoms with Crippen LogP contribution in [0.3, 0.4) is 0 Å². The van der Waals surface area contributed by atoms with E-state index in [1.54, 1.807) is 12.1 Å². The van der Waals surface area contributed by atoms with Crippen molar-refractivity contribution in [3.8, 4) is 0 Å². The van der Waals surface area contributed by atoms with Crippen LogP contribution in [0.5, 0.6) is 0 Å². The van der Waals surface area contributed by atoms with Crippen LogP contribution in [-0.4, -0.2) is 18.8 Å². The van der Waals surface area contributed by atoms with E-state index >= 15 is 0 Å². The third kappa shape index (κ3) is 2.74. The van der Waals surface area contributed by atoms with Gasteiger partial charge in [-0.05, 0) is 35.9 Å². The Morgan fingerprint density at radius 3 is 2.35 bits per heavy atom. The highest BCUT2D eigenvalue weighted by atomic mass is 32.2. The van der Waals surface area contributed by atoms with Gasteiger partial charge in [-0.15, -0.1) is 11.8 Å². The first-order valence-corrected chi connectivity index (χ1v) is 7.92. The molecule has 104 valence electrons. The summed E-state index contributed by atoms with van der Waals surface area (Å²) < 4.78 is 14.0. The number of hydrogen-bond donors (Lipinski definition) is 1. The van der Waals surface area contributed by atoms with Crippen molar-refractivity contribution in [2.75, 3.05) is 18.8 Å². The van der Waals surface area contributed by atoms with E-state index in [1.807, 2.05) is 30.0 Å². The number of halogens is 1. The van der Waals surface area contributed by atoms with Crippen LogP contribution in [-0.2, 0) is 5.41 Å². The summed E-state index contributed by atoms with van der Waals surface area (Å²) in [4.78, 5) is 1.28. The first kappa shape index (κ1) is 13.7. The van der Waals surface area contributed by atoms with Crippen molar-refractivity contribution in [1.29, 1.82) is 0 Å². The average molecular weight is 287 g/mol. The lowest BCUT2D eigenvalue weighted by atomic mass is 9.73. The second-order valence-electron chi connectivity index (χ2n) is 5.28. The molecule has 0 spiro atoms. The zero-order valence-corrected chi connectivity index (χ0v) is 12.1. The Kier molecular flexibility index (Phi) is 4.08. The Hall–Kier alpha value is -1.32. The molecule has 1 nitrogen and oxygen atoms in total. The molecule has 2 aromatic rings. The molecular formula is C17H18FNS. The van der Waals surface area contributed by atoms with E-state index in [2.05, 4.69) is 29.6 Å². The summed E-state index contributed by atoms with van der Waals surface area (Å²) in [6.45, 7) is 1.76. The summed E-state index contributed by atoms with van der Waals surface area (Å²) in [5, 5.41) is 3.30. The van der Waals surface area contributed by atoms with Gasteiger partial charge in [-0.1, -0.05) is 36.4 Å². The maximum absolute atomic E-state index is 14.0. The van der Waals surface area contributed by atoms with Crippen molar-refractivity contribution < 1.29 is 4.39 Å². The van der Waals surface area contributed by atoms with Gasteiger partial charge < -0.3 is 5.32 Å². The van der Waals surface area contributed by atoms with Crippen molar-refractivity contribution >= 4 is 11.8 Å². The van der Waals surface area contributed by atoms with Gasteiger partial charge >= 0.3 is 0 Å². The lowest BCUT2D eigenvalue weighted by Gasteiger charge is -2.43. The molecule has 1 aliphatic rings. The fourth-order valence-electron chi connectivity index (χ4n) is 2.70. The molecule has 0 unspecified atom stereocenters. The van der Waals surface area contributed by atoms with Gasteiger partial charge in [-0.2, -0.15) is 0 Å². The monoisotopic (exact) mass is 287 g/mol. The van der Waals surface area contributed by atoms with Gasteiger partial charge in [0.15, 0.2) is 0 Å². The standard InChI is InChI=1S/C17H18FNS/c18-16-9-5-4-8-15(16)17(12-19-13-17)10-11-20-14-6-2-1-3-7-14/h1-9,19H,10-13H2. The van der Waals surface area contributed by atoms with Crippen LogP contribution in [0.4, 0.5) is 4.39 Å². The van der Waals surface area contributed by atoms with Crippen LogP contribution in [0, 0.1) is 5.82 Å². The normalized spacial score (nSPS) is 16.6. The smallest absolute Gasteiger partial charge is 0.127 e. The molecule has 3 rings (SSSR count). The second kappa shape index (κ2) is 5.98. The molecule has 0 atom stereocenters. The molecule has 1 aliphatic heterocycles. The maximum atomic E-state index is 14.0. The van der Waals surface area contributed by atoms with Gasteiger partial charge in [0.05, 0.1) is 0 Å². The quantitative estimate of drug-likeness (QED) is 0.838. The second-order valence-corrected chi connectivity index (χ2v) is 6.44. The Morgan fingerprint density at radius 1 is 1.00 bits per heavy atom. The van der Waals surface area contributed by atoms with Crippen molar-refractivity contribution in [1.82, 2.24) is 5.32 Å². The molecule has 0 amide bonds. The van der Waals surface area contributed by atoms with Gasteiger partial charge in [-0.25, -0.2) is 4.39 Å². The molecule has 0 bridgehead atoms. The summed E-state index contributed by atoms with van der Waals surface area (Å²) in [6.07, 6.45) is 1.00. The van der Waals surface area contributed by atoms with E-state index in [-0.39, 0.29) is 11.2 Å². The summed E-state index contributed by atoms with van der Waals surface area (Å²) in [5.74, 6) is 0.943. The molecule has 1 saturated heterocycles. The Labute approximate surface area is 123 Å². The zero-order chi connectivity index (χ0) is 13.8. The van der Waals surface area contributed by atoms with Crippen LogP contribution in [0.2, 0.25) is 0 Å². The van der Waals surface area contributed by atoms with Gasteiger partial charge in [0.25, 0.3) is 0 Å². The topological polar surface area (TPSA) is 12.0 Å². The fraction of sp³-hybridized carbons (Fsp3) is 0.294. The van der Waals surface area contributed by atoms with E-state index in [9.17, 15) is 4.39 Å². The molecule has 1 fully saturated rings. The minimum absolute atomic E-state index is 0.0207. The van der Waals surface area contributed by atoms with Crippen molar-refractivity contribution in [3.05, 3.63) is 66.0 Å². The van der Waals surface area contributed by atoms with Crippen molar-refractivity contribution in [3.63, 3.8) is 0 Å². The number of thioether (sulfide) groups is 1. The Morgan fingerprint density at radius 2 is 1.70 bits per heavy atom. The molecule has 0 aromatic heterocycles. The molecule has 0 radical (unpaired) electrons. The predicted octanol–water partition coefficient (Wildman–Crippen LogP) is 3.85. The van der Waals surface area contributed by atoms with Gasteiger partial charge in [-0.3, -0.25) is 0 Å². The number of rotatable bonds is 5. The fourth-order valence-corrected chi connectivity index (χ4v) is 3.78. The summed E-state index contributed by atoms with van der Waals surface area (Å²) in [6, 6.07) is 17.6. The van der Waals surface area contributed by atoms with Crippen LogP contribution in [0.25, 0.3) is 0 Å². The summed E-state index contributed by atoms with van der Waals surface area (Å²) in [7, 11) is 0. The molecule has 20 heavy (non-hydrogen) atoms. The average Bonchev–Trinajstić information content (AvgIpc) is 2.44. The third-order valence-electron chi connectivity index (χ3n) is 3.96. The number of hydrogen-bond acceptors (Lipinski definition) is 2. The third-order valence-corrected chi connectivity index (χ3v) is 4.98. The molecule has 3 heteroatoms. The number of nitrogens with one attached hydrogen (secondary N) is 1. The van der Waals surface area contributed by atoms with Gasteiger partial charge in [0.1, 0.15) is 5.82 Å². The highest BCUT2D eigenvalue weighted by molar-refractivity contribution is 7.99. The Bertz CT molecular complexity index is 566. The molecular weight excluding hydrogens is 269 g/mol. The van der Waals surface area contributed by atoms with E-state index in [0.29, 0.717) is 0 Å². The largest absolute Gasteiger partial charge is 0.315 e. The minimum Gasteiger partial charge on any atom is -0.315 e. The van der Waals surface area contributed by atoms with Crippen LogP contribution < -0.4 is 5.32 Å². The van der Waals surface area contributed by atoms with E-state index < -0.39 is 0 Å². The highest BCUT2D eigenvalue weighted by Gasteiger charge is 2.39. The first-order valence-electron chi connectivity index (χ1n) is 6.94. The summed E-state index contributed by atoms with van der Waals surface area (Å²) >= 11 is 1.85. The van der Waals surface area contributed by atoms with Gasteiger partial charge in [0, 0.05) is 23.4 Å². The van der Waals surface area contributed by atoms with Crippen LogP contribution in [0.15, 0.2) is 59.5 Å². The lowest BCUT2D eigenvalue weighted by Crippen LogP contribution is -2.57. The van der Waals surface area contributed by atoms with Gasteiger partial charge in [0.2, 0.25) is 0 Å². The van der Waals surface area contributed by atoms with Crippen LogP contribution in [0.1, 0.15) is 12.0 Å². The van der Waals surface area contributed by atoms with E-state index in [0.717, 1.165) is 30.8 Å². The lowest BCUT2D eigenvalue weighted by molar-refractivity contribution is 0.261. The minimum atomic E-state index is -0.0706. The van der Waals surface area contributed by atoms with Crippen LogP contribution >= 0.6 is 11.8 Å².